The van der Waals surface area contributed by atoms with Gasteiger partial charge in [-0.05, 0) is 5.56 Å². The molecule has 0 spiro atoms. The number of amides is 2. The predicted molar refractivity (Wildman–Crippen MR) is 92.0 cm³/mol. The van der Waals surface area contributed by atoms with Crippen LogP contribution in [0.3, 0.4) is 0 Å². The van der Waals surface area contributed by atoms with Crippen LogP contribution in [0.2, 0.25) is 0 Å². The second-order valence-electron chi connectivity index (χ2n) is 6.30. The van der Waals surface area contributed by atoms with Crippen LogP contribution in [-0.4, -0.2) is 85.7 Å². The number of carbonyl (C=O) groups excluding carboxylic acids is 2. The van der Waals surface area contributed by atoms with Gasteiger partial charge in [0.1, 0.15) is 13.2 Å². The summed E-state index contributed by atoms with van der Waals surface area (Å²) in [6, 6.07) is 9.53. The molecule has 7 nitrogen and oxygen atoms in total. The molecule has 3 rings (SSSR count). The van der Waals surface area contributed by atoms with Crippen LogP contribution >= 0.6 is 0 Å². The lowest BCUT2D eigenvalue weighted by Gasteiger charge is -2.35. The summed E-state index contributed by atoms with van der Waals surface area (Å²) in [6.07, 6.45) is -0.426. The van der Waals surface area contributed by atoms with E-state index in [0.717, 1.165) is 38.4 Å². The quantitative estimate of drug-likeness (QED) is 0.788. The standard InChI is InChI=1S/C18H25N3O4/c22-17-14-21(18(23)25-15-16-4-2-1-3-5-16)9-8-20(17)7-6-19-10-12-24-13-11-19/h1-5H,6-15H2. The van der Waals surface area contributed by atoms with Crippen LogP contribution in [0.5, 0.6) is 0 Å². The molecule has 0 aliphatic carbocycles. The zero-order valence-electron chi connectivity index (χ0n) is 14.4. The molecular formula is C18H25N3O4. The first-order chi connectivity index (χ1) is 12.2. The molecule has 25 heavy (non-hydrogen) atoms. The molecule has 2 aliphatic heterocycles. The number of nitrogens with zero attached hydrogens (tertiary/aromatic N) is 3. The van der Waals surface area contributed by atoms with E-state index in [0.29, 0.717) is 19.6 Å². The van der Waals surface area contributed by atoms with E-state index in [1.807, 2.05) is 35.2 Å². The van der Waals surface area contributed by atoms with Gasteiger partial charge in [0.25, 0.3) is 0 Å². The van der Waals surface area contributed by atoms with Crippen molar-refractivity contribution in [2.24, 2.45) is 0 Å². The molecular weight excluding hydrogens is 322 g/mol. The summed E-state index contributed by atoms with van der Waals surface area (Å²) in [4.78, 5) is 30.0. The van der Waals surface area contributed by atoms with Crippen LogP contribution in [0.4, 0.5) is 4.79 Å². The Balaban J connectivity index is 1.40. The van der Waals surface area contributed by atoms with E-state index < -0.39 is 6.09 Å². The van der Waals surface area contributed by atoms with E-state index in [-0.39, 0.29) is 19.1 Å². The normalized spacial score (nSPS) is 19.1. The van der Waals surface area contributed by atoms with Gasteiger partial charge in [0.05, 0.1) is 13.2 Å². The van der Waals surface area contributed by atoms with Gasteiger partial charge in [0.15, 0.2) is 0 Å². The highest BCUT2D eigenvalue weighted by molar-refractivity contribution is 5.83. The van der Waals surface area contributed by atoms with Gasteiger partial charge in [-0.15, -0.1) is 0 Å². The molecule has 0 saturated carbocycles. The van der Waals surface area contributed by atoms with Crippen molar-refractivity contribution in [3.05, 3.63) is 35.9 Å². The number of rotatable bonds is 5. The van der Waals surface area contributed by atoms with E-state index in [2.05, 4.69) is 4.90 Å². The molecule has 0 aromatic heterocycles. The van der Waals surface area contributed by atoms with Gasteiger partial charge in [0.2, 0.25) is 5.91 Å². The number of hydrogen-bond donors (Lipinski definition) is 0. The van der Waals surface area contributed by atoms with Crippen molar-refractivity contribution < 1.29 is 19.1 Å². The third-order valence-electron chi connectivity index (χ3n) is 4.57. The van der Waals surface area contributed by atoms with Gasteiger partial charge in [-0.3, -0.25) is 14.6 Å². The Morgan fingerprint density at radius 1 is 1.04 bits per heavy atom. The van der Waals surface area contributed by atoms with Crippen LogP contribution in [0, 0.1) is 0 Å². The fourth-order valence-corrected chi connectivity index (χ4v) is 3.00. The summed E-state index contributed by atoms with van der Waals surface area (Å²) in [6.45, 7) is 6.30. The Morgan fingerprint density at radius 3 is 2.52 bits per heavy atom. The predicted octanol–water partition coefficient (Wildman–Crippen LogP) is 0.800. The van der Waals surface area contributed by atoms with E-state index in [4.69, 9.17) is 9.47 Å². The van der Waals surface area contributed by atoms with Crippen LogP contribution in [-0.2, 0) is 20.9 Å². The summed E-state index contributed by atoms with van der Waals surface area (Å²) in [7, 11) is 0. The third kappa shape index (κ3) is 5.17. The molecule has 136 valence electrons. The molecule has 2 aliphatic rings. The smallest absolute Gasteiger partial charge is 0.410 e. The summed E-state index contributed by atoms with van der Waals surface area (Å²) in [5.74, 6) is -0.0174. The molecule has 0 bridgehead atoms. The van der Waals surface area contributed by atoms with E-state index in [1.165, 1.54) is 4.90 Å². The third-order valence-corrected chi connectivity index (χ3v) is 4.57. The van der Waals surface area contributed by atoms with Gasteiger partial charge in [-0.2, -0.15) is 0 Å². The Kier molecular flexibility index (Phi) is 6.25. The number of morpholine rings is 1. The lowest BCUT2D eigenvalue weighted by atomic mass is 10.2. The van der Waals surface area contributed by atoms with Crippen LogP contribution in [0.15, 0.2) is 30.3 Å². The average molecular weight is 347 g/mol. The minimum atomic E-state index is -0.426. The SMILES string of the molecule is O=C1CN(C(=O)OCc2ccccc2)CCN1CCN1CCOCC1. The Labute approximate surface area is 148 Å². The summed E-state index contributed by atoms with van der Waals surface area (Å²) < 4.78 is 10.6. The number of ether oxygens (including phenoxy) is 2. The second kappa shape index (κ2) is 8.82. The van der Waals surface area contributed by atoms with Crippen molar-refractivity contribution in [2.75, 3.05) is 59.0 Å². The molecule has 7 heteroatoms. The molecule has 1 aromatic rings. The van der Waals surface area contributed by atoms with Gasteiger partial charge >= 0.3 is 6.09 Å². The van der Waals surface area contributed by atoms with Crippen molar-refractivity contribution >= 4 is 12.0 Å². The lowest BCUT2D eigenvalue weighted by molar-refractivity contribution is -0.135. The maximum atomic E-state index is 12.3. The molecule has 2 saturated heterocycles. The van der Waals surface area contributed by atoms with Gasteiger partial charge in [0, 0.05) is 39.3 Å². The lowest BCUT2D eigenvalue weighted by Crippen LogP contribution is -2.54. The molecule has 2 heterocycles. The van der Waals surface area contributed by atoms with Crippen molar-refractivity contribution in [3.63, 3.8) is 0 Å². The second-order valence-corrected chi connectivity index (χ2v) is 6.30. The summed E-state index contributed by atoms with van der Waals surface area (Å²) in [5, 5.41) is 0. The van der Waals surface area contributed by atoms with Gasteiger partial charge in [-0.25, -0.2) is 4.79 Å². The maximum Gasteiger partial charge on any atom is 0.410 e. The summed E-state index contributed by atoms with van der Waals surface area (Å²) in [5.41, 5.74) is 0.936. The fraction of sp³-hybridized carbons (Fsp3) is 0.556. The number of carbonyl (C=O) groups is 2. The van der Waals surface area contributed by atoms with Gasteiger partial charge < -0.3 is 14.4 Å². The largest absolute Gasteiger partial charge is 0.445 e. The topological polar surface area (TPSA) is 62.3 Å². The van der Waals surface area contributed by atoms with E-state index in [1.54, 1.807) is 0 Å². The molecule has 2 fully saturated rings. The van der Waals surface area contributed by atoms with E-state index in [9.17, 15) is 9.59 Å². The number of benzene rings is 1. The van der Waals surface area contributed by atoms with Crippen molar-refractivity contribution in [3.8, 4) is 0 Å². The summed E-state index contributed by atoms with van der Waals surface area (Å²) >= 11 is 0. The molecule has 1 aromatic carbocycles. The average Bonchev–Trinajstić information content (AvgIpc) is 2.66. The van der Waals surface area contributed by atoms with E-state index >= 15 is 0 Å². The van der Waals surface area contributed by atoms with Crippen LogP contribution in [0.25, 0.3) is 0 Å². The Morgan fingerprint density at radius 2 is 1.80 bits per heavy atom. The number of piperazine rings is 1. The molecule has 0 unspecified atom stereocenters. The fourth-order valence-electron chi connectivity index (χ4n) is 3.00. The highest BCUT2D eigenvalue weighted by Crippen LogP contribution is 2.08. The maximum absolute atomic E-state index is 12.3. The first kappa shape index (κ1) is 17.7. The first-order valence-corrected chi connectivity index (χ1v) is 8.76. The van der Waals surface area contributed by atoms with Crippen molar-refractivity contribution in [1.29, 1.82) is 0 Å². The molecule has 0 N–H and O–H groups in total. The number of hydrogen-bond acceptors (Lipinski definition) is 5. The zero-order valence-corrected chi connectivity index (χ0v) is 14.4. The first-order valence-electron chi connectivity index (χ1n) is 8.76. The molecule has 0 atom stereocenters. The highest BCUT2D eigenvalue weighted by atomic mass is 16.6. The molecule has 0 radical (unpaired) electrons. The zero-order chi connectivity index (χ0) is 17.5. The van der Waals surface area contributed by atoms with Crippen molar-refractivity contribution in [2.45, 2.75) is 6.61 Å². The Hall–Kier alpha value is -2.12. The van der Waals surface area contributed by atoms with Crippen LogP contribution < -0.4 is 0 Å². The van der Waals surface area contributed by atoms with Gasteiger partial charge in [-0.1, -0.05) is 30.3 Å². The molecule has 2 amide bonds. The minimum Gasteiger partial charge on any atom is -0.445 e. The monoisotopic (exact) mass is 347 g/mol. The highest BCUT2D eigenvalue weighted by Gasteiger charge is 2.28. The Bertz CT molecular complexity index is 575. The minimum absolute atomic E-state index is 0.0174. The van der Waals surface area contributed by atoms with Crippen LogP contribution in [0.1, 0.15) is 5.56 Å². The van der Waals surface area contributed by atoms with Crippen molar-refractivity contribution in [1.82, 2.24) is 14.7 Å².